The zero-order valence-electron chi connectivity index (χ0n) is 6.60. The largest absolute Gasteiger partial charge is 0.400 e. The number of rotatable bonds is 1. The van der Waals surface area contributed by atoms with E-state index in [0.717, 1.165) is 18.9 Å². The van der Waals surface area contributed by atoms with Gasteiger partial charge in [0.25, 0.3) is 0 Å². The van der Waals surface area contributed by atoms with Crippen LogP contribution in [0.4, 0.5) is 0 Å². The van der Waals surface area contributed by atoms with Crippen molar-refractivity contribution in [3.05, 3.63) is 0 Å². The van der Waals surface area contributed by atoms with Crippen LogP contribution < -0.4 is 0 Å². The summed E-state index contributed by atoms with van der Waals surface area (Å²) in [5.74, 6) is 1.70. The molecule has 0 amide bonds. The second-order valence-corrected chi connectivity index (χ2v) is 2.49. The zero-order valence-corrected chi connectivity index (χ0v) is 6.60. The van der Waals surface area contributed by atoms with Crippen molar-refractivity contribution in [2.24, 2.45) is 11.8 Å². The standard InChI is InChI=1S/C6H14.CH4O/c1-5(2)6(3)4;1-2/h5-6H,1-4H3;2H,1H3. The van der Waals surface area contributed by atoms with Gasteiger partial charge in [-0.25, -0.2) is 0 Å². The Bertz CT molecular complexity index is 25.4. The lowest BCUT2D eigenvalue weighted by Crippen LogP contribution is -1.95. The second-order valence-electron chi connectivity index (χ2n) is 2.49. The lowest BCUT2D eigenvalue weighted by molar-refractivity contribution is 0.399. The normalized spacial score (nSPS) is 9.00. The fraction of sp³-hybridized carbons (Fsp3) is 1.00. The summed E-state index contributed by atoms with van der Waals surface area (Å²) in [5, 5.41) is 7.00. The van der Waals surface area contributed by atoms with Crippen molar-refractivity contribution < 1.29 is 5.11 Å². The molecular formula is C7H18O. The molecule has 1 nitrogen and oxygen atoms in total. The summed E-state index contributed by atoms with van der Waals surface area (Å²) in [7, 11) is 1.00. The van der Waals surface area contributed by atoms with Gasteiger partial charge in [-0.2, -0.15) is 0 Å². The third-order valence-corrected chi connectivity index (χ3v) is 1.33. The number of aliphatic hydroxyl groups is 1. The zero-order chi connectivity index (χ0) is 7.15. The summed E-state index contributed by atoms with van der Waals surface area (Å²) in [6.45, 7) is 8.96. The van der Waals surface area contributed by atoms with Gasteiger partial charge in [-0.05, 0) is 11.8 Å². The molecule has 0 aliphatic heterocycles. The molecule has 1 N–H and O–H groups in total. The van der Waals surface area contributed by atoms with Gasteiger partial charge in [0, 0.05) is 7.11 Å². The van der Waals surface area contributed by atoms with E-state index in [-0.39, 0.29) is 0 Å². The SMILES string of the molecule is CC(C)C(C)C.CO. The van der Waals surface area contributed by atoms with Crippen molar-refractivity contribution >= 4 is 0 Å². The Hall–Kier alpha value is -0.0400. The Labute approximate surface area is 52.7 Å². The van der Waals surface area contributed by atoms with Gasteiger partial charge in [0.15, 0.2) is 0 Å². The summed E-state index contributed by atoms with van der Waals surface area (Å²) in [5.41, 5.74) is 0. The highest BCUT2D eigenvalue weighted by Gasteiger charge is 1.95. The van der Waals surface area contributed by atoms with E-state index in [1.165, 1.54) is 0 Å². The molecule has 8 heavy (non-hydrogen) atoms. The molecule has 0 fully saturated rings. The monoisotopic (exact) mass is 118 g/mol. The average molecular weight is 118 g/mol. The van der Waals surface area contributed by atoms with Crippen molar-refractivity contribution in [2.75, 3.05) is 7.11 Å². The first-order chi connectivity index (χ1) is 3.64. The van der Waals surface area contributed by atoms with Crippen LogP contribution in [0.3, 0.4) is 0 Å². The minimum Gasteiger partial charge on any atom is -0.400 e. The minimum atomic E-state index is 0.852. The maximum Gasteiger partial charge on any atom is 0.0319 e. The lowest BCUT2D eigenvalue weighted by Gasteiger charge is -2.05. The Morgan fingerprint density at radius 3 is 0.875 bits per heavy atom. The van der Waals surface area contributed by atoms with Crippen LogP contribution in [-0.4, -0.2) is 12.2 Å². The summed E-state index contributed by atoms with van der Waals surface area (Å²) < 4.78 is 0. The number of hydrogen-bond donors (Lipinski definition) is 1. The van der Waals surface area contributed by atoms with E-state index < -0.39 is 0 Å². The molecule has 0 atom stereocenters. The summed E-state index contributed by atoms with van der Waals surface area (Å²) in [6.07, 6.45) is 0. The van der Waals surface area contributed by atoms with Crippen LogP contribution in [0.15, 0.2) is 0 Å². The van der Waals surface area contributed by atoms with Crippen LogP contribution in [0.2, 0.25) is 0 Å². The van der Waals surface area contributed by atoms with Gasteiger partial charge < -0.3 is 5.11 Å². The van der Waals surface area contributed by atoms with Crippen LogP contribution in [0.25, 0.3) is 0 Å². The molecule has 0 aromatic carbocycles. The van der Waals surface area contributed by atoms with E-state index >= 15 is 0 Å². The first kappa shape index (κ1) is 10.9. The van der Waals surface area contributed by atoms with Crippen LogP contribution >= 0.6 is 0 Å². The van der Waals surface area contributed by atoms with Gasteiger partial charge in [0.1, 0.15) is 0 Å². The van der Waals surface area contributed by atoms with Gasteiger partial charge in [-0.3, -0.25) is 0 Å². The first-order valence-corrected chi connectivity index (χ1v) is 3.09. The fourth-order valence-corrected chi connectivity index (χ4v) is 0. The van der Waals surface area contributed by atoms with E-state index in [0.29, 0.717) is 0 Å². The molecule has 0 radical (unpaired) electrons. The maximum atomic E-state index is 7.00. The fourth-order valence-electron chi connectivity index (χ4n) is 0. The van der Waals surface area contributed by atoms with Crippen LogP contribution in [0.5, 0.6) is 0 Å². The van der Waals surface area contributed by atoms with E-state index in [4.69, 9.17) is 5.11 Å². The van der Waals surface area contributed by atoms with Gasteiger partial charge in [-0.15, -0.1) is 0 Å². The van der Waals surface area contributed by atoms with Crippen molar-refractivity contribution in [1.29, 1.82) is 0 Å². The molecule has 0 aromatic rings. The molecule has 0 aromatic heterocycles. The van der Waals surface area contributed by atoms with Gasteiger partial charge >= 0.3 is 0 Å². The quantitative estimate of drug-likeness (QED) is 0.557. The Balaban J connectivity index is 0. The third kappa shape index (κ3) is 9.35. The smallest absolute Gasteiger partial charge is 0.0319 e. The van der Waals surface area contributed by atoms with Gasteiger partial charge in [0.2, 0.25) is 0 Å². The molecule has 0 saturated carbocycles. The van der Waals surface area contributed by atoms with Crippen molar-refractivity contribution in [3.8, 4) is 0 Å². The molecule has 0 bridgehead atoms. The summed E-state index contributed by atoms with van der Waals surface area (Å²) in [6, 6.07) is 0. The molecule has 0 saturated heterocycles. The highest BCUT2D eigenvalue weighted by molar-refractivity contribution is 4.46. The van der Waals surface area contributed by atoms with Crippen LogP contribution in [0, 0.1) is 11.8 Å². The van der Waals surface area contributed by atoms with E-state index in [1.54, 1.807) is 0 Å². The second kappa shape index (κ2) is 6.96. The predicted octanol–water partition coefficient (Wildman–Crippen LogP) is 1.91. The Kier molecular flexibility index (Phi) is 9.44. The molecule has 1 heteroatoms. The highest BCUT2D eigenvalue weighted by atomic mass is 16.2. The predicted molar refractivity (Wildman–Crippen MR) is 37.8 cm³/mol. The highest BCUT2D eigenvalue weighted by Crippen LogP contribution is 2.05. The number of hydrogen-bond acceptors (Lipinski definition) is 1. The molecule has 52 valence electrons. The van der Waals surface area contributed by atoms with E-state index in [2.05, 4.69) is 27.7 Å². The van der Waals surface area contributed by atoms with Crippen LogP contribution in [0.1, 0.15) is 27.7 Å². The average Bonchev–Trinajstić information content (AvgIpc) is 1.72. The van der Waals surface area contributed by atoms with Crippen molar-refractivity contribution in [2.45, 2.75) is 27.7 Å². The molecule has 0 heterocycles. The lowest BCUT2D eigenvalue weighted by atomic mass is 10.0. The summed E-state index contributed by atoms with van der Waals surface area (Å²) in [4.78, 5) is 0. The van der Waals surface area contributed by atoms with Gasteiger partial charge in [-0.1, -0.05) is 27.7 Å². The third-order valence-electron chi connectivity index (χ3n) is 1.33. The van der Waals surface area contributed by atoms with Crippen molar-refractivity contribution in [3.63, 3.8) is 0 Å². The van der Waals surface area contributed by atoms with Crippen LogP contribution in [-0.2, 0) is 0 Å². The molecule has 0 rings (SSSR count). The van der Waals surface area contributed by atoms with Gasteiger partial charge in [0.05, 0.1) is 0 Å². The maximum absolute atomic E-state index is 7.00. The molecule has 0 aliphatic rings. The Morgan fingerprint density at radius 1 is 0.750 bits per heavy atom. The number of aliphatic hydroxyl groups excluding tert-OH is 1. The molecule has 0 unspecified atom stereocenters. The van der Waals surface area contributed by atoms with Crippen molar-refractivity contribution in [1.82, 2.24) is 0 Å². The molecule has 0 aliphatic carbocycles. The topological polar surface area (TPSA) is 20.2 Å². The molecule has 0 spiro atoms. The van der Waals surface area contributed by atoms with E-state index in [9.17, 15) is 0 Å². The molecular weight excluding hydrogens is 100 g/mol. The van der Waals surface area contributed by atoms with E-state index in [1.807, 2.05) is 0 Å². The summed E-state index contributed by atoms with van der Waals surface area (Å²) >= 11 is 0. The Morgan fingerprint density at radius 2 is 0.875 bits per heavy atom. The first-order valence-electron chi connectivity index (χ1n) is 3.09. The minimum absolute atomic E-state index is 0.852.